The minimum Gasteiger partial charge on any atom is -0.352 e. The summed E-state index contributed by atoms with van der Waals surface area (Å²) in [5, 5.41) is 4.23. The van der Waals surface area contributed by atoms with Gasteiger partial charge in [0.15, 0.2) is 0 Å². The molecule has 0 bridgehead atoms. The lowest BCUT2D eigenvalue weighted by atomic mass is 9.96. The van der Waals surface area contributed by atoms with Crippen LogP contribution in [-0.2, 0) is 14.8 Å². The van der Waals surface area contributed by atoms with E-state index in [1.54, 1.807) is 17.8 Å². The van der Waals surface area contributed by atoms with Crippen molar-refractivity contribution in [2.75, 3.05) is 12.0 Å². The minimum absolute atomic E-state index is 0.147. The number of carbonyl (C=O) groups excluding carboxylic acids is 1. The molecule has 1 aliphatic rings. The van der Waals surface area contributed by atoms with Gasteiger partial charge in [-0.1, -0.05) is 62.4 Å². The van der Waals surface area contributed by atoms with E-state index in [-0.39, 0.29) is 11.9 Å². The smallest absolute Gasteiger partial charge is 0.238 e. The zero-order valence-electron chi connectivity index (χ0n) is 16.6. The average Bonchev–Trinajstić information content (AvgIpc) is 2.66. The monoisotopic (exact) mass is 424 g/mol. The average molecular weight is 425 g/mol. The lowest BCUT2D eigenvalue weighted by Crippen LogP contribution is -2.49. The van der Waals surface area contributed by atoms with E-state index in [1.165, 1.54) is 19.3 Å². The molecular weight excluding hydrogens is 392 g/mol. The van der Waals surface area contributed by atoms with Crippen LogP contribution in [0.25, 0.3) is 6.08 Å². The van der Waals surface area contributed by atoms with Crippen molar-refractivity contribution in [3.05, 3.63) is 41.3 Å². The van der Waals surface area contributed by atoms with Crippen molar-refractivity contribution in [3.8, 4) is 0 Å². The standard InChI is InChI=1S/C21H32N2O3S2/c1-27-16-14-20(21(24)22-19-12-8-3-2-4-9-13-19)23-28(25,26)17-15-18-10-6-5-7-11-18/h5-7,10-11,15,17,19-20,23H,2-4,8-9,12-14,16H2,1H3,(H,22,24)/b17-15+. The molecule has 1 fully saturated rings. The molecule has 1 unspecified atom stereocenters. The van der Waals surface area contributed by atoms with Gasteiger partial charge < -0.3 is 5.32 Å². The summed E-state index contributed by atoms with van der Waals surface area (Å²) < 4.78 is 27.6. The summed E-state index contributed by atoms with van der Waals surface area (Å²) in [6.07, 6.45) is 11.8. The van der Waals surface area contributed by atoms with Crippen molar-refractivity contribution in [3.63, 3.8) is 0 Å². The topological polar surface area (TPSA) is 75.3 Å². The Kier molecular flexibility index (Phi) is 10.1. The van der Waals surface area contributed by atoms with E-state index in [2.05, 4.69) is 10.0 Å². The zero-order valence-corrected chi connectivity index (χ0v) is 18.2. The number of nitrogens with one attached hydrogen (secondary N) is 2. The first-order valence-electron chi connectivity index (χ1n) is 10.0. The predicted octanol–water partition coefficient (Wildman–Crippen LogP) is 3.93. The van der Waals surface area contributed by atoms with Crippen LogP contribution in [0.5, 0.6) is 0 Å². The molecule has 1 aliphatic carbocycles. The van der Waals surface area contributed by atoms with Gasteiger partial charge in [-0.25, -0.2) is 8.42 Å². The maximum absolute atomic E-state index is 12.8. The maximum Gasteiger partial charge on any atom is 0.238 e. The molecule has 0 aliphatic heterocycles. The van der Waals surface area contributed by atoms with Gasteiger partial charge in [0, 0.05) is 11.4 Å². The highest BCUT2D eigenvalue weighted by molar-refractivity contribution is 7.98. The lowest BCUT2D eigenvalue weighted by Gasteiger charge is -2.24. The zero-order chi connectivity index (χ0) is 20.2. The number of carbonyl (C=O) groups is 1. The molecule has 7 heteroatoms. The highest BCUT2D eigenvalue weighted by Crippen LogP contribution is 2.17. The first-order valence-corrected chi connectivity index (χ1v) is 13.0. The van der Waals surface area contributed by atoms with Crippen LogP contribution in [0, 0.1) is 0 Å². The van der Waals surface area contributed by atoms with E-state index in [0.717, 1.165) is 36.7 Å². The minimum atomic E-state index is -3.71. The second-order valence-electron chi connectivity index (χ2n) is 7.26. The first kappa shape index (κ1) is 23.0. The largest absolute Gasteiger partial charge is 0.352 e. The van der Waals surface area contributed by atoms with Crippen LogP contribution in [0.3, 0.4) is 0 Å². The van der Waals surface area contributed by atoms with Gasteiger partial charge in [-0.15, -0.1) is 0 Å². The number of sulfonamides is 1. The summed E-state index contributed by atoms with van der Waals surface area (Å²) in [5.74, 6) is 0.504. The number of hydrogen-bond donors (Lipinski definition) is 2. The molecule has 0 aromatic heterocycles. The van der Waals surface area contributed by atoms with E-state index >= 15 is 0 Å². The number of thioether (sulfide) groups is 1. The van der Waals surface area contributed by atoms with E-state index in [4.69, 9.17) is 0 Å². The van der Waals surface area contributed by atoms with E-state index in [0.29, 0.717) is 12.2 Å². The third-order valence-corrected chi connectivity index (χ3v) is 6.68. The maximum atomic E-state index is 12.8. The van der Waals surface area contributed by atoms with Crippen LogP contribution in [0.15, 0.2) is 35.7 Å². The fourth-order valence-corrected chi connectivity index (χ4v) is 4.86. The molecule has 2 rings (SSSR count). The summed E-state index contributed by atoms with van der Waals surface area (Å²) in [5.41, 5.74) is 0.799. The lowest BCUT2D eigenvalue weighted by molar-refractivity contribution is -0.123. The molecule has 1 aromatic rings. The molecule has 1 atom stereocenters. The van der Waals surface area contributed by atoms with E-state index in [9.17, 15) is 13.2 Å². The number of benzene rings is 1. The Hall–Kier alpha value is -1.31. The molecule has 0 radical (unpaired) electrons. The van der Waals surface area contributed by atoms with Crippen molar-refractivity contribution < 1.29 is 13.2 Å². The van der Waals surface area contributed by atoms with Crippen LogP contribution in [0.1, 0.15) is 56.9 Å². The second kappa shape index (κ2) is 12.3. The van der Waals surface area contributed by atoms with Crippen LogP contribution >= 0.6 is 11.8 Å². The normalized spacial score (nSPS) is 17.8. The van der Waals surface area contributed by atoms with Crippen LogP contribution < -0.4 is 10.0 Å². The number of hydrogen-bond acceptors (Lipinski definition) is 4. The second-order valence-corrected chi connectivity index (χ2v) is 9.84. The van der Waals surface area contributed by atoms with Gasteiger partial charge in [0.25, 0.3) is 0 Å². The number of amides is 1. The summed E-state index contributed by atoms with van der Waals surface area (Å²) >= 11 is 1.60. The summed E-state index contributed by atoms with van der Waals surface area (Å²) in [4.78, 5) is 12.8. The Balaban J connectivity index is 2.00. The van der Waals surface area contributed by atoms with Crippen LogP contribution in [0.2, 0.25) is 0 Å². The molecule has 2 N–H and O–H groups in total. The SMILES string of the molecule is CSCCC(NS(=O)(=O)/C=C/c1ccccc1)C(=O)NC1CCCCCCC1. The molecule has 0 saturated heterocycles. The molecule has 156 valence electrons. The molecule has 0 heterocycles. The highest BCUT2D eigenvalue weighted by atomic mass is 32.2. The van der Waals surface area contributed by atoms with Crippen LogP contribution in [0.4, 0.5) is 0 Å². The van der Waals surface area contributed by atoms with Crippen molar-refractivity contribution in [2.45, 2.75) is 63.5 Å². The van der Waals surface area contributed by atoms with Gasteiger partial charge in [-0.3, -0.25) is 4.79 Å². The molecule has 1 amide bonds. The first-order chi connectivity index (χ1) is 13.5. The molecular formula is C21H32N2O3S2. The molecule has 1 aromatic carbocycles. The van der Waals surface area contributed by atoms with Crippen molar-refractivity contribution in [1.82, 2.24) is 10.0 Å². The van der Waals surface area contributed by atoms with Gasteiger partial charge in [0.1, 0.15) is 6.04 Å². The summed E-state index contributed by atoms with van der Waals surface area (Å²) in [6, 6.07) is 8.64. The van der Waals surface area contributed by atoms with Crippen molar-refractivity contribution in [2.24, 2.45) is 0 Å². The quantitative estimate of drug-likeness (QED) is 0.630. The summed E-state index contributed by atoms with van der Waals surface area (Å²) in [6.45, 7) is 0. The highest BCUT2D eigenvalue weighted by Gasteiger charge is 2.25. The van der Waals surface area contributed by atoms with Crippen LogP contribution in [-0.4, -0.2) is 38.4 Å². The molecule has 1 saturated carbocycles. The number of rotatable bonds is 9. The fraction of sp³-hybridized carbons (Fsp3) is 0.571. The Morgan fingerprint density at radius 3 is 2.43 bits per heavy atom. The van der Waals surface area contributed by atoms with Crippen molar-refractivity contribution in [1.29, 1.82) is 0 Å². The van der Waals surface area contributed by atoms with Gasteiger partial charge in [-0.05, 0) is 42.9 Å². The van der Waals surface area contributed by atoms with Gasteiger partial charge in [0.05, 0.1) is 0 Å². The fourth-order valence-electron chi connectivity index (χ4n) is 3.35. The molecule has 28 heavy (non-hydrogen) atoms. The Morgan fingerprint density at radius 1 is 1.14 bits per heavy atom. The Morgan fingerprint density at radius 2 is 1.79 bits per heavy atom. The van der Waals surface area contributed by atoms with E-state index < -0.39 is 16.1 Å². The van der Waals surface area contributed by atoms with Gasteiger partial charge in [-0.2, -0.15) is 16.5 Å². The molecule has 0 spiro atoms. The Labute approximate surface area is 173 Å². The third kappa shape index (κ3) is 8.80. The molecule has 5 nitrogen and oxygen atoms in total. The Bertz CT molecular complexity index is 712. The van der Waals surface area contributed by atoms with Gasteiger partial charge >= 0.3 is 0 Å². The predicted molar refractivity (Wildman–Crippen MR) is 119 cm³/mol. The van der Waals surface area contributed by atoms with Crippen molar-refractivity contribution >= 4 is 33.8 Å². The van der Waals surface area contributed by atoms with E-state index in [1.807, 2.05) is 36.6 Å². The third-order valence-electron chi connectivity index (χ3n) is 4.92. The summed E-state index contributed by atoms with van der Waals surface area (Å²) in [7, 11) is -3.71. The van der Waals surface area contributed by atoms with Gasteiger partial charge in [0.2, 0.25) is 15.9 Å².